The smallest absolute Gasteiger partial charge is 0.330 e. The van der Waals surface area contributed by atoms with Gasteiger partial charge in [0.2, 0.25) is 0 Å². The van der Waals surface area contributed by atoms with Gasteiger partial charge in [0, 0.05) is 12.3 Å². The topological polar surface area (TPSA) is 109 Å². The zero-order valence-electron chi connectivity index (χ0n) is 20.0. The van der Waals surface area contributed by atoms with Crippen molar-refractivity contribution in [3.63, 3.8) is 0 Å². The molecular formula is C28H24N2O7S. The maximum absolute atomic E-state index is 12.5. The molecule has 2 aliphatic rings. The van der Waals surface area contributed by atoms with Gasteiger partial charge >= 0.3 is 17.1 Å². The second-order valence-electron chi connectivity index (χ2n) is 9.00. The third kappa shape index (κ3) is 4.36. The molecule has 9 nitrogen and oxygen atoms in total. The second kappa shape index (κ2) is 10.2. The van der Waals surface area contributed by atoms with E-state index in [1.54, 1.807) is 0 Å². The Morgan fingerprint density at radius 2 is 1.32 bits per heavy atom. The lowest BCUT2D eigenvalue weighted by molar-refractivity contribution is -0.0963. The van der Waals surface area contributed by atoms with Crippen molar-refractivity contribution in [1.82, 2.24) is 9.55 Å². The highest BCUT2D eigenvalue weighted by atomic mass is 32.2. The minimum atomic E-state index is -2.01. The summed E-state index contributed by atoms with van der Waals surface area (Å²) in [4.78, 5) is 26.3. The van der Waals surface area contributed by atoms with Crippen molar-refractivity contribution in [2.45, 2.75) is 30.1 Å². The predicted octanol–water partition coefficient (Wildman–Crippen LogP) is 2.81. The number of H-pyrrole nitrogens is 1. The van der Waals surface area contributed by atoms with Gasteiger partial charge in [-0.2, -0.15) is 4.21 Å². The fourth-order valence-electron chi connectivity index (χ4n) is 5.09. The molecule has 38 heavy (non-hydrogen) atoms. The number of aromatic amines is 1. The van der Waals surface area contributed by atoms with E-state index in [9.17, 15) is 13.8 Å². The molecule has 3 aromatic carbocycles. The van der Waals surface area contributed by atoms with Crippen LogP contribution in [-0.4, -0.2) is 38.7 Å². The number of hydrogen-bond acceptors (Lipinski definition) is 7. The van der Waals surface area contributed by atoms with Crippen molar-refractivity contribution < 1.29 is 22.0 Å². The molecule has 2 aliphatic heterocycles. The van der Waals surface area contributed by atoms with E-state index in [0.29, 0.717) is 0 Å². The lowest BCUT2D eigenvalue weighted by Gasteiger charge is -2.37. The van der Waals surface area contributed by atoms with Gasteiger partial charge in [-0.3, -0.25) is 22.7 Å². The Morgan fingerprint density at radius 1 is 0.789 bits per heavy atom. The fourth-order valence-corrected chi connectivity index (χ4v) is 5.94. The van der Waals surface area contributed by atoms with Gasteiger partial charge in [0.15, 0.2) is 12.3 Å². The van der Waals surface area contributed by atoms with Crippen LogP contribution in [0.1, 0.15) is 22.9 Å². The standard InChI is InChI=1S/C28H24N2O7S/c31-23-16-17-30(27(32)29-23)26-25-24(36-38(33)37-25)22(35-26)18-34-28(19-10-4-1-5-11-19,20-12-6-2-7-13-20)21-14-8-3-9-15-21/h1-17,22,24-26H,18H2,(H,29,31,32)/t22-,24?,25-,26-,38?/m1/s1. The van der Waals surface area contributed by atoms with E-state index >= 15 is 0 Å². The minimum Gasteiger partial charge on any atom is -0.358 e. The Balaban J connectivity index is 1.40. The summed E-state index contributed by atoms with van der Waals surface area (Å²) in [5.41, 5.74) is 0.517. The Labute approximate surface area is 220 Å². The zero-order valence-corrected chi connectivity index (χ0v) is 20.9. The summed E-state index contributed by atoms with van der Waals surface area (Å²) in [5, 5.41) is 0. The Kier molecular flexibility index (Phi) is 6.64. The average Bonchev–Trinajstić information content (AvgIpc) is 3.48. The predicted molar refractivity (Wildman–Crippen MR) is 138 cm³/mol. The normalized spacial score (nSPS) is 24.8. The van der Waals surface area contributed by atoms with Crippen LogP contribution >= 0.6 is 0 Å². The summed E-state index contributed by atoms with van der Waals surface area (Å²) in [6.45, 7) is 0.0228. The van der Waals surface area contributed by atoms with E-state index in [0.717, 1.165) is 16.7 Å². The molecule has 0 radical (unpaired) electrons. The van der Waals surface area contributed by atoms with Gasteiger partial charge in [0.1, 0.15) is 17.8 Å². The quantitative estimate of drug-likeness (QED) is 0.365. The molecule has 0 bridgehead atoms. The fraction of sp³-hybridized carbons (Fsp3) is 0.214. The third-order valence-electron chi connectivity index (χ3n) is 6.80. The average molecular weight is 533 g/mol. The molecule has 10 heteroatoms. The van der Waals surface area contributed by atoms with Crippen LogP contribution in [0, 0.1) is 0 Å². The molecule has 4 aromatic rings. The van der Waals surface area contributed by atoms with Crippen LogP contribution < -0.4 is 11.2 Å². The molecule has 0 amide bonds. The maximum Gasteiger partial charge on any atom is 0.330 e. The highest BCUT2D eigenvalue weighted by Crippen LogP contribution is 2.43. The first-order valence-corrected chi connectivity index (χ1v) is 13.1. The summed E-state index contributed by atoms with van der Waals surface area (Å²) in [6.07, 6.45) is -1.99. The summed E-state index contributed by atoms with van der Waals surface area (Å²) in [6, 6.07) is 30.8. The number of nitrogens with one attached hydrogen (secondary N) is 1. The first kappa shape index (κ1) is 24.7. The largest absolute Gasteiger partial charge is 0.358 e. The van der Waals surface area contributed by atoms with Crippen LogP contribution in [-0.2, 0) is 34.8 Å². The van der Waals surface area contributed by atoms with E-state index < -0.39 is 52.8 Å². The monoisotopic (exact) mass is 532 g/mol. The number of ether oxygens (including phenoxy) is 2. The van der Waals surface area contributed by atoms with E-state index in [-0.39, 0.29) is 6.61 Å². The highest BCUT2D eigenvalue weighted by Gasteiger charge is 2.55. The van der Waals surface area contributed by atoms with Gasteiger partial charge in [-0.25, -0.2) is 4.79 Å². The van der Waals surface area contributed by atoms with Gasteiger partial charge < -0.3 is 9.47 Å². The van der Waals surface area contributed by atoms with Crippen molar-refractivity contribution in [2.75, 3.05) is 6.61 Å². The van der Waals surface area contributed by atoms with E-state index in [1.165, 1.54) is 16.8 Å². The Bertz CT molecular complexity index is 1450. The zero-order chi connectivity index (χ0) is 26.1. The molecule has 5 atom stereocenters. The molecule has 2 saturated heterocycles. The maximum atomic E-state index is 12.5. The molecule has 0 aliphatic carbocycles. The first-order chi connectivity index (χ1) is 18.6. The molecule has 3 heterocycles. The van der Waals surface area contributed by atoms with Gasteiger partial charge in [-0.05, 0) is 16.7 Å². The first-order valence-electron chi connectivity index (χ1n) is 12.1. The van der Waals surface area contributed by atoms with Crippen LogP contribution in [0.4, 0.5) is 0 Å². The molecule has 1 aromatic heterocycles. The summed E-state index contributed by atoms with van der Waals surface area (Å²) < 4.78 is 37.5. The number of aromatic nitrogens is 2. The molecule has 1 N–H and O–H groups in total. The van der Waals surface area contributed by atoms with Crippen LogP contribution in [0.25, 0.3) is 0 Å². The van der Waals surface area contributed by atoms with Crippen molar-refractivity contribution >= 4 is 11.4 Å². The lowest BCUT2D eigenvalue weighted by atomic mass is 9.80. The van der Waals surface area contributed by atoms with Crippen LogP contribution in [0.15, 0.2) is 113 Å². The van der Waals surface area contributed by atoms with Crippen molar-refractivity contribution in [1.29, 1.82) is 0 Å². The molecule has 6 rings (SSSR count). The molecular weight excluding hydrogens is 508 g/mol. The molecule has 0 saturated carbocycles. The lowest BCUT2D eigenvalue weighted by Crippen LogP contribution is -2.39. The molecule has 2 unspecified atom stereocenters. The Morgan fingerprint density at radius 3 is 1.84 bits per heavy atom. The van der Waals surface area contributed by atoms with Gasteiger partial charge in [-0.15, -0.1) is 0 Å². The number of fused-ring (bicyclic) bond motifs is 1. The molecule has 194 valence electrons. The van der Waals surface area contributed by atoms with Crippen molar-refractivity contribution in [3.8, 4) is 0 Å². The van der Waals surface area contributed by atoms with Crippen LogP contribution in [0.5, 0.6) is 0 Å². The SMILES string of the molecule is O=c1ccn([C@@H]2O[C@H](COC(c3ccccc3)(c3ccccc3)c3ccccc3)C3OS(=O)O[C@H]32)c(=O)[nH]1. The minimum absolute atomic E-state index is 0.0228. The summed E-state index contributed by atoms with van der Waals surface area (Å²) in [7, 11) is 0. The van der Waals surface area contributed by atoms with Crippen molar-refractivity contribution in [2.24, 2.45) is 0 Å². The van der Waals surface area contributed by atoms with Crippen LogP contribution in [0.3, 0.4) is 0 Å². The number of nitrogens with zero attached hydrogens (tertiary/aromatic N) is 1. The molecule has 0 spiro atoms. The number of hydrogen-bond donors (Lipinski definition) is 1. The van der Waals surface area contributed by atoms with Gasteiger partial charge in [0.05, 0.1) is 6.61 Å². The van der Waals surface area contributed by atoms with Gasteiger partial charge in [0.25, 0.3) is 5.56 Å². The summed E-state index contributed by atoms with van der Waals surface area (Å²) in [5.74, 6) is 0. The van der Waals surface area contributed by atoms with E-state index in [2.05, 4.69) is 4.98 Å². The number of benzene rings is 3. The van der Waals surface area contributed by atoms with Gasteiger partial charge in [-0.1, -0.05) is 91.0 Å². The number of rotatable bonds is 7. The third-order valence-corrected chi connectivity index (χ3v) is 7.55. The highest BCUT2D eigenvalue weighted by molar-refractivity contribution is 7.75. The second-order valence-corrected chi connectivity index (χ2v) is 9.79. The Hall–Kier alpha value is -3.67. The summed E-state index contributed by atoms with van der Waals surface area (Å²) >= 11 is -2.01. The van der Waals surface area contributed by atoms with E-state index in [1.807, 2.05) is 91.0 Å². The molecule has 2 fully saturated rings. The van der Waals surface area contributed by atoms with Crippen LogP contribution in [0.2, 0.25) is 0 Å². The van der Waals surface area contributed by atoms with Crippen molar-refractivity contribution in [3.05, 3.63) is 141 Å². The van der Waals surface area contributed by atoms with E-state index in [4.69, 9.17) is 17.8 Å².